The van der Waals surface area contributed by atoms with E-state index in [0.717, 1.165) is 33.9 Å². The first-order valence-corrected chi connectivity index (χ1v) is 9.99. The number of nitrogens with zero attached hydrogens (tertiary/aromatic N) is 2. The Labute approximate surface area is 162 Å². The third kappa shape index (κ3) is 4.06. The Bertz CT molecular complexity index is 891. The van der Waals surface area contributed by atoms with Gasteiger partial charge in [0, 0.05) is 17.1 Å². The average Bonchev–Trinajstić information content (AvgIpc) is 3.13. The SMILES string of the molecule is CCN(CC)C(CNC(=O)c1ccc2ncsc2c1)c1ccccc1Cl. The molecule has 3 aromatic rings. The summed E-state index contributed by atoms with van der Waals surface area (Å²) in [5.41, 5.74) is 4.40. The van der Waals surface area contributed by atoms with E-state index in [2.05, 4.69) is 29.0 Å². The summed E-state index contributed by atoms with van der Waals surface area (Å²) in [7, 11) is 0. The number of hydrogen-bond acceptors (Lipinski definition) is 4. The Hall–Kier alpha value is -1.95. The van der Waals surface area contributed by atoms with E-state index < -0.39 is 0 Å². The van der Waals surface area contributed by atoms with E-state index in [4.69, 9.17) is 11.6 Å². The molecule has 0 bridgehead atoms. The second kappa shape index (κ2) is 8.62. The highest BCUT2D eigenvalue weighted by Crippen LogP contribution is 2.27. The molecule has 1 aromatic heterocycles. The molecule has 4 nitrogen and oxygen atoms in total. The fourth-order valence-electron chi connectivity index (χ4n) is 3.13. The van der Waals surface area contributed by atoms with Gasteiger partial charge in [0.15, 0.2) is 0 Å². The molecule has 1 amide bonds. The highest BCUT2D eigenvalue weighted by atomic mass is 35.5. The second-order valence-electron chi connectivity index (χ2n) is 6.00. The molecule has 26 heavy (non-hydrogen) atoms. The molecule has 0 radical (unpaired) electrons. The van der Waals surface area contributed by atoms with Crippen LogP contribution in [0.1, 0.15) is 35.8 Å². The van der Waals surface area contributed by atoms with Crippen molar-refractivity contribution in [1.82, 2.24) is 15.2 Å². The van der Waals surface area contributed by atoms with Crippen molar-refractivity contribution in [1.29, 1.82) is 0 Å². The van der Waals surface area contributed by atoms with Crippen molar-refractivity contribution >= 4 is 39.1 Å². The van der Waals surface area contributed by atoms with Crippen LogP contribution in [0.25, 0.3) is 10.2 Å². The van der Waals surface area contributed by atoms with Gasteiger partial charge in [0.25, 0.3) is 5.91 Å². The zero-order valence-corrected chi connectivity index (χ0v) is 16.5. The predicted octanol–water partition coefficient (Wildman–Crippen LogP) is 4.76. The maximum Gasteiger partial charge on any atom is 0.251 e. The molecule has 6 heteroatoms. The number of aromatic nitrogens is 1. The minimum absolute atomic E-state index is 0.0368. The molecule has 1 unspecified atom stereocenters. The monoisotopic (exact) mass is 387 g/mol. The van der Waals surface area contributed by atoms with Crippen LogP contribution in [0.4, 0.5) is 0 Å². The van der Waals surface area contributed by atoms with Crippen molar-refractivity contribution in [2.75, 3.05) is 19.6 Å². The van der Waals surface area contributed by atoms with E-state index in [1.807, 2.05) is 42.5 Å². The lowest BCUT2D eigenvalue weighted by Gasteiger charge is -2.31. The third-order valence-electron chi connectivity index (χ3n) is 4.57. The van der Waals surface area contributed by atoms with Gasteiger partial charge in [0.2, 0.25) is 0 Å². The molecule has 0 spiro atoms. The topological polar surface area (TPSA) is 45.2 Å². The molecule has 2 aromatic carbocycles. The molecule has 0 aliphatic heterocycles. The quantitative estimate of drug-likeness (QED) is 0.635. The van der Waals surface area contributed by atoms with E-state index in [9.17, 15) is 4.79 Å². The molecule has 3 rings (SSSR count). The lowest BCUT2D eigenvalue weighted by atomic mass is 10.0. The van der Waals surface area contributed by atoms with Crippen LogP contribution in [-0.2, 0) is 0 Å². The van der Waals surface area contributed by atoms with Crippen LogP contribution in [0.15, 0.2) is 48.0 Å². The maximum absolute atomic E-state index is 12.7. The molecule has 136 valence electrons. The first kappa shape index (κ1) is 18.8. The van der Waals surface area contributed by atoms with Crippen molar-refractivity contribution in [2.24, 2.45) is 0 Å². The normalized spacial score (nSPS) is 12.5. The molecule has 1 N–H and O–H groups in total. The van der Waals surface area contributed by atoms with Crippen LogP contribution in [-0.4, -0.2) is 35.4 Å². The van der Waals surface area contributed by atoms with E-state index >= 15 is 0 Å². The van der Waals surface area contributed by atoms with E-state index in [1.165, 1.54) is 11.3 Å². The Morgan fingerprint density at radius 2 is 2.00 bits per heavy atom. The minimum atomic E-state index is -0.0792. The van der Waals surface area contributed by atoms with Crippen LogP contribution < -0.4 is 5.32 Å². The van der Waals surface area contributed by atoms with Gasteiger partial charge in [-0.05, 0) is 42.9 Å². The van der Waals surface area contributed by atoms with E-state index in [0.29, 0.717) is 12.1 Å². The van der Waals surface area contributed by atoms with Gasteiger partial charge in [0.05, 0.1) is 21.8 Å². The maximum atomic E-state index is 12.7. The number of hydrogen-bond donors (Lipinski definition) is 1. The fourth-order valence-corrected chi connectivity index (χ4v) is 4.11. The standard InChI is InChI=1S/C20H22ClN3OS/c1-3-24(4-2)18(15-7-5-6-8-16(15)21)12-22-20(25)14-9-10-17-19(11-14)26-13-23-17/h5-11,13,18H,3-4,12H2,1-2H3,(H,22,25). The molecule has 0 saturated carbocycles. The molecule has 1 atom stereocenters. The van der Waals surface area contributed by atoms with Gasteiger partial charge in [-0.15, -0.1) is 11.3 Å². The van der Waals surface area contributed by atoms with Crippen molar-refractivity contribution in [2.45, 2.75) is 19.9 Å². The summed E-state index contributed by atoms with van der Waals surface area (Å²) in [5.74, 6) is -0.0792. The first-order chi connectivity index (χ1) is 12.6. The third-order valence-corrected chi connectivity index (χ3v) is 5.70. The van der Waals surface area contributed by atoms with Gasteiger partial charge >= 0.3 is 0 Å². The number of rotatable bonds is 7. The number of thiazole rings is 1. The fraction of sp³-hybridized carbons (Fsp3) is 0.300. The largest absolute Gasteiger partial charge is 0.350 e. The van der Waals surface area contributed by atoms with Crippen molar-refractivity contribution in [3.8, 4) is 0 Å². The van der Waals surface area contributed by atoms with Crippen molar-refractivity contribution in [3.05, 3.63) is 64.1 Å². The lowest BCUT2D eigenvalue weighted by molar-refractivity contribution is 0.0935. The molecule has 0 aliphatic carbocycles. The Kier molecular flexibility index (Phi) is 6.25. The smallest absolute Gasteiger partial charge is 0.251 e. The van der Waals surface area contributed by atoms with Gasteiger partial charge in [-0.25, -0.2) is 4.98 Å². The number of nitrogens with one attached hydrogen (secondary N) is 1. The molecular formula is C20H22ClN3OS. The van der Waals surface area contributed by atoms with Crippen LogP contribution >= 0.6 is 22.9 Å². The lowest BCUT2D eigenvalue weighted by Crippen LogP contribution is -2.38. The van der Waals surface area contributed by atoms with Crippen LogP contribution in [0.3, 0.4) is 0 Å². The molecular weight excluding hydrogens is 366 g/mol. The summed E-state index contributed by atoms with van der Waals surface area (Å²) in [4.78, 5) is 19.2. The second-order valence-corrected chi connectivity index (χ2v) is 7.30. The van der Waals surface area contributed by atoms with Gasteiger partial charge in [-0.1, -0.05) is 43.6 Å². The summed E-state index contributed by atoms with van der Waals surface area (Å²) in [6, 6.07) is 13.5. The number of halogens is 1. The van der Waals surface area contributed by atoms with Crippen molar-refractivity contribution in [3.63, 3.8) is 0 Å². The summed E-state index contributed by atoms with van der Waals surface area (Å²) < 4.78 is 1.02. The van der Waals surface area contributed by atoms with Crippen molar-refractivity contribution < 1.29 is 4.79 Å². The Morgan fingerprint density at radius 1 is 1.23 bits per heavy atom. The number of likely N-dealkylation sites (N-methyl/N-ethyl adjacent to an activating group) is 1. The zero-order chi connectivity index (χ0) is 18.5. The van der Waals surface area contributed by atoms with Gasteiger partial charge in [-0.2, -0.15) is 0 Å². The minimum Gasteiger partial charge on any atom is -0.350 e. The summed E-state index contributed by atoms with van der Waals surface area (Å²) in [5, 5.41) is 3.80. The van der Waals surface area contributed by atoms with Gasteiger partial charge in [-0.3, -0.25) is 9.69 Å². The zero-order valence-electron chi connectivity index (χ0n) is 14.9. The Morgan fingerprint density at radius 3 is 2.73 bits per heavy atom. The van der Waals surface area contributed by atoms with Gasteiger partial charge < -0.3 is 5.32 Å². The van der Waals surface area contributed by atoms with E-state index in [1.54, 1.807) is 5.51 Å². The number of amides is 1. The number of fused-ring (bicyclic) bond motifs is 1. The van der Waals surface area contributed by atoms with Crippen LogP contribution in [0, 0.1) is 0 Å². The highest BCUT2D eigenvalue weighted by molar-refractivity contribution is 7.16. The number of carbonyl (C=O) groups is 1. The van der Waals surface area contributed by atoms with Crippen LogP contribution in [0.2, 0.25) is 5.02 Å². The summed E-state index contributed by atoms with van der Waals surface area (Å²) in [6.07, 6.45) is 0. The number of carbonyl (C=O) groups excluding carboxylic acids is 1. The molecule has 0 saturated heterocycles. The predicted molar refractivity (Wildman–Crippen MR) is 109 cm³/mol. The highest BCUT2D eigenvalue weighted by Gasteiger charge is 2.21. The number of benzene rings is 2. The first-order valence-electron chi connectivity index (χ1n) is 8.74. The molecule has 0 aliphatic rings. The van der Waals surface area contributed by atoms with E-state index in [-0.39, 0.29) is 11.9 Å². The molecule has 0 fully saturated rings. The molecule has 1 heterocycles. The van der Waals surface area contributed by atoms with Crippen LogP contribution in [0.5, 0.6) is 0 Å². The Balaban J connectivity index is 1.78. The average molecular weight is 388 g/mol. The summed E-state index contributed by atoms with van der Waals surface area (Å²) in [6.45, 7) is 6.51. The van der Waals surface area contributed by atoms with Gasteiger partial charge in [0.1, 0.15) is 0 Å². The summed E-state index contributed by atoms with van der Waals surface area (Å²) >= 11 is 7.95.